The molecule has 1 aromatic carbocycles. The molecule has 5 nitrogen and oxygen atoms in total. The molecule has 1 N–H and O–H groups in total. The van der Waals surface area contributed by atoms with Crippen molar-refractivity contribution in [3.63, 3.8) is 0 Å². The van der Waals surface area contributed by atoms with Gasteiger partial charge in [0.15, 0.2) is 0 Å². The van der Waals surface area contributed by atoms with Crippen LogP contribution in [0.3, 0.4) is 0 Å². The minimum atomic E-state index is -0.132. The van der Waals surface area contributed by atoms with Crippen LogP contribution in [0.25, 0.3) is 21.5 Å². The number of aromatic nitrogens is 2. The Morgan fingerprint density at radius 1 is 1.23 bits per heavy atom. The average molecular weight is 430 g/mol. The number of halogens is 1. The summed E-state index contributed by atoms with van der Waals surface area (Å²) in [6.45, 7) is 1.31. The molecule has 0 radical (unpaired) electrons. The van der Waals surface area contributed by atoms with Crippen LogP contribution in [0.15, 0.2) is 61.7 Å². The Bertz CT molecular complexity index is 1100. The molecule has 0 atom stereocenters. The number of nitrogens with zero attached hydrogens (tertiary/aromatic N) is 2. The van der Waals surface area contributed by atoms with Crippen LogP contribution >= 0.6 is 27.3 Å². The lowest BCUT2D eigenvalue weighted by Gasteiger charge is -2.17. The molecule has 0 saturated carbocycles. The number of H-pyrrole nitrogens is 1. The van der Waals surface area contributed by atoms with Crippen molar-refractivity contribution in [1.29, 1.82) is 0 Å². The standard InChI is InChI=1S/C19H16BrN3O2S/c1-23(9-12-5-2-3-6-14(12)20)10-16-21-18(24)17-13(11-26-19(17)22-16)15-7-4-8-25-15/h2-8,11H,9-10H2,1H3,(H,21,22,24). The second kappa shape index (κ2) is 7.19. The van der Waals surface area contributed by atoms with Gasteiger partial charge in [-0.05, 0) is 30.8 Å². The Morgan fingerprint density at radius 2 is 2.08 bits per heavy atom. The Hall–Kier alpha value is -2.22. The summed E-state index contributed by atoms with van der Waals surface area (Å²) in [6.07, 6.45) is 1.60. The summed E-state index contributed by atoms with van der Waals surface area (Å²) >= 11 is 5.03. The van der Waals surface area contributed by atoms with Crippen molar-refractivity contribution in [2.45, 2.75) is 13.1 Å². The van der Waals surface area contributed by atoms with Gasteiger partial charge in [0, 0.05) is 22.0 Å². The number of fused-ring (bicyclic) bond motifs is 1. The van der Waals surface area contributed by atoms with Crippen LogP contribution in [0.4, 0.5) is 0 Å². The van der Waals surface area contributed by atoms with E-state index >= 15 is 0 Å². The van der Waals surface area contributed by atoms with E-state index in [1.54, 1.807) is 6.26 Å². The Kier molecular flexibility index (Phi) is 4.76. The van der Waals surface area contributed by atoms with Crippen LogP contribution in [-0.2, 0) is 13.1 Å². The van der Waals surface area contributed by atoms with Gasteiger partial charge in [-0.25, -0.2) is 4.98 Å². The number of nitrogens with one attached hydrogen (secondary N) is 1. The first kappa shape index (κ1) is 17.2. The van der Waals surface area contributed by atoms with E-state index in [-0.39, 0.29) is 5.56 Å². The third-order valence-electron chi connectivity index (χ3n) is 4.10. The van der Waals surface area contributed by atoms with Gasteiger partial charge in [0.25, 0.3) is 5.56 Å². The second-order valence-electron chi connectivity index (χ2n) is 6.08. The van der Waals surface area contributed by atoms with Crippen molar-refractivity contribution in [1.82, 2.24) is 14.9 Å². The van der Waals surface area contributed by atoms with Gasteiger partial charge in [0.1, 0.15) is 16.4 Å². The van der Waals surface area contributed by atoms with E-state index in [0.29, 0.717) is 23.5 Å². The SMILES string of the molecule is CN(Cc1nc2scc(-c3ccco3)c2c(=O)[nH]1)Cc1ccccc1Br. The van der Waals surface area contributed by atoms with Crippen molar-refractivity contribution in [2.24, 2.45) is 0 Å². The van der Waals surface area contributed by atoms with E-state index in [1.165, 1.54) is 16.9 Å². The molecule has 3 aromatic heterocycles. The topological polar surface area (TPSA) is 62.1 Å². The Balaban J connectivity index is 1.60. The van der Waals surface area contributed by atoms with Gasteiger partial charge in [-0.2, -0.15) is 0 Å². The molecule has 0 aliphatic carbocycles. The zero-order valence-electron chi connectivity index (χ0n) is 14.0. The highest BCUT2D eigenvalue weighted by Crippen LogP contribution is 2.30. The van der Waals surface area contributed by atoms with Crippen LogP contribution in [0.5, 0.6) is 0 Å². The molecular weight excluding hydrogens is 414 g/mol. The van der Waals surface area contributed by atoms with Crippen molar-refractivity contribution >= 4 is 37.5 Å². The van der Waals surface area contributed by atoms with Gasteiger partial charge < -0.3 is 9.40 Å². The van der Waals surface area contributed by atoms with Gasteiger partial charge in [-0.3, -0.25) is 9.69 Å². The summed E-state index contributed by atoms with van der Waals surface area (Å²) < 4.78 is 6.50. The first-order chi connectivity index (χ1) is 12.6. The summed E-state index contributed by atoms with van der Waals surface area (Å²) in [7, 11) is 2.01. The maximum Gasteiger partial charge on any atom is 0.260 e. The number of rotatable bonds is 5. The highest BCUT2D eigenvalue weighted by Gasteiger charge is 2.15. The van der Waals surface area contributed by atoms with E-state index in [4.69, 9.17) is 4.42 Å². The lowest BCUT2D eigenvalue weighted by atomic mass is 10.2. The monoisotopic (exact) mass is 429 g/mol. The fraction of sp³-hybridized carbons (Fsp3) is 0.158. The second-order valence-corrected chi connectivity index (χ2v) is 7.80. The Labute approximate surface area is 162 Å². The first-order valence-electron chi connectivity index (χ1n) is 8.08. The van der Waals surface area contributed by atoms with Crippen LogP contribution in [0, 0.1) is 0 Å². The molecule has 26 heavy (non-hydrogen) atoms. The van der Waals surface area contributed by atoms with E-state index in [0.717, 1.165) is 21.4 Å². The van der Waals surface area contributed by atoms with Crippen LogP contribution in [0.2, 0.25) is 0 Å². The number of hydrogen-bond acceptors (Lipinski definition) is 5. The Morgan fingerprint density at radius 3 is 2.85 bits per heavy atom. The van der Waals surface area contributed by atoms with Gasteiger partial charge in [-0.1, -0.05) is 34.1 Å². The molecule has 132 valence electrons. The molecular formula is C19H16BrN3O2S. The maximum absolute atomic E-state index is 12.6. The molecule has 0 saturated heterocycles. The minimum absolute atomic E-state index is 0.132. The summed E-state index contributed by atoms with van der Waals surface area (Å²) in [5.41, 5.74) is 1.85. The van der Waals surface area contributed by atoms with Crippen molar-refractivity contribution in [3.05, 3.63) is 74.3 Å². The average Bonchev–Trinajstić information content (AvgIpc) is 3.26. The molecule has 0 fully saturated rings. The molecule has 3 heterocycles. The van der Waals surface area contributed by atoms with Crippen LogP contribution < -0.4 is 5.56 Å². The molecule has 0 aliphatic heterocycles. The van der Waals surface area contributed by atoms with Crippen molar-refractivity contribution in [2.75, 3.05) is 7.05 Å². The fourth-order valence-electron chi connectivity index (χ4n) is 2.91. The third kappa shape index (κ3) is 3.38. The number of furan rings is 1. The molecule has 0 amide bonds. The smallest absolute Gasteiger partial charge is 0.260 e. The number of hydrogen-bond donors (Lipinski definition) is 1. The van der Waals surface area contributed by atoms with E-state index in [1.807, 2.05) is 42.8 Å². The molecule has 0 spiro atoms. The van der Waals surface area contributed by atoms with E-state index in [9.17, 15) is 4.79 Å². The predicted octanol–water partition coefficient (Wildman–Crippen LogP) is 4.64. The molecule has 0 bridgehead atoms. The normalized spacial score (nSPS) is 11.5. The first-order valence-corrected chi connectivity index (χ1v) is 9.75. The van der Waals surface area contributed by atoms with Crippen LogP contribution in [-0.4, -0.2) is 21.9 Å². The van der Waals surface area contributed by atoms with Gasteiger partial charge >= 0.3 is 0 Å². The lowest BCUT2D eigenvalue weighted by molar-refractivity contribution is 0.310. The highest BCUT2D eigenvalue weighted by molar-refractivity contribution is 9.10. The molecule has 4 rings (SSSR count). The molecule has 0 unspecified atom stereocenters. The lowest BCUT2D eigenvalue weighted by Crippen LogP contribution is -2.21. The zero-order valence-corrected chi connectivity index (χ0v) is 16.4. The number of benzene rings is 1. The minimum Gasteiger partial charge on any atom is -0.464 e. The van der Waals surface area contributed by atoms with E-state index in [2.05, 4.69) is 36.9 Å². The van der Waals surface area contributed by atoms with E-state index < -0.39 is 0 Å². The van der Waals surface area contributed by atoms with Gasteiger partial charge in [0.05, 0.1) is 18.2 Å². The summed E-state index contributed by atoms with van der Waals surface area (Å²) in [4.78, 5) is 23.0. The van der Waals surface area contributed by atoms with Crippen molar-refractivity contribution in [3.8, 4) is 11.3 Å². The fourth-order valence-corrected chi connectivity index (χ4v) is 4.27. The molecule has 7 heteroatoms. The van der Waals surface area contributed by atoms with Crippen molar-refractivity contribution < 1.29 is 4.42 Å². The summed E-state index contributed by atoms with van der Waals surface area (Å²) in [5, 5.41) is 2.50. The van der Waals surface area contributed by atoms with Gasteiger partial charge in [0.2, 0.25) is 0 Å². The summed E-state index contributed by atoms with van der Waals surface area (Å²) in [5.74, 6) is 1.34. The highest BCUT2D eigenvalue weighted by atomic mass is 79.9. The number of thiophene rings is 1. The van der Waals surface area contributed by atoms with Crippen LogP contribution in [0.1, 0.15) is 11.4 Å². The maximum atomic E-state index is 12.6. The number of aromatic amines is 1. The largest absolute Gasteiger partial charge is 0.464 e. The molecule has 0 aliphatic rings. The third-order valence-corrected chi connectivity index (χ3v) is 5.74. The summed E-state index contributed by atoms with van der Waals surface area (Å²) in [6, 6.07) is 11.8. The quantitative estimate of drug-likeness (QED) is 0.501. The predicted molar refractivity (Wildman–Crippen MR) is 107 cm³/mol. The zero-order chi connectivity index (χ0) is 18.1. The van der Waals surface area contributed by atoms with Gasteiger partial charge in [-0.15, -0.1) is 11.3 Å². The molecule has 4 aromatic rings.